The zero-order valence-electron chi connectivity index (χ0n) is 11.7. The minimum absolute atomic E-state index is 0.278. The van der Waals surface area contributed by atoms with Gasteiger partial charge in [-0.05, 0) is 32.2 Å². The summed E-state index contributed by atoms with van der Waals surface area (Å²) >= 11 is 0. The van der Waals surface area contributed by atoms with Gasteiger partial charge >= 0.3 is 5.97 Å². The Hall–Kier alpha value is -2.08. The first-order chi connectivity index (χ1) is 9.56. The van der Waals surface area contributed by atoms with Crippen LogP contribution < -0.4 is 5.01 Å². The van der Waals surface area contributed by atoms with E-state index in [0.29, 0.717) is 0 Å². The van der Waals surface area contributed by atoms with Crippen molar-refractivity contribution in [1.82, 2.24) is 14.6 Å². The lowest BCUT2D eigenvalue weighted by molar-refractivity contribution is 0.0697. The van der Waals surface area contributed by atoms with E-state index in [1.54, 1.807) is 12.1 Å². The van der Waals surface area contributed by atoms with E-state index in [1.165, 1.54) is 0 Å². The molecular formula is C14H18N4O2. The third-order valence-electron chi connectivity index (χ3n) is 3.80. The molecule has 0 spiro atoms. The molecule has 1 aromatic heterocycles. The number of benzene rings is 1. The van der Waals surface area contributed by atoms with Crippen molar-refractivity contribution in [3.63, 3.8) is 0 Å². The van der Waals surface area contributed by atoms with Crippen LogP contribution >= 0.6 is 0 Å². The first kappa shape index (κ1) is 12.9. The van der Waals surface area contributed by atoms with Gasteiger partial charge in [-0.1, -0.05) is 0 Å². The number of likely N-dealkylation sites (N-methyl/N-ethyl adjacent to an activating group) is 1. The molecule has 1 aliphatic heterocycles. The number of aromatic nitrogens is 2. The van der Waals surface area contributed by atoms with Crippen molar-refractivity contribution in [3.8, 4) is 0 Å². The molecule has 0 atom stereocenters. The van der Waals surface area contributed by atoms with Gasteiger partial charge in [0, 0.05) is 26.2 Å². The van der Waals surface area contributed by atoms with Crippen LogP contribution in [0.5, 0.6) is 0 Å². The van der Waals surface area contributed by atoms with Gasteiger partial charge in [-0.2, -0.15) is 0 Å². The van der Waals surface area contributed by atoms with Gasteiger partial charge in [0.15, 0.2) is 0 Å². The quantitative estimate of drug-likeness (QED) is 0.882. The van der Waals surface area contributed by atoms with E-state index in [4.69, 9.17) is 5.11 Å². The fourth-order valence-corrected chi connectivity index (χ4v) is 2.67. The molecule has 2 heterocycles. The van der Waals surface area contributed by atoms with Gasteiger partial charge < -0.3 is 15.0 Å². The summed E-state index contributed by atoms with van der Waals surface area (Å²) < 4.78 is 2.11. The Morgan fingerprint density at radius 2 is 1.95 bits per heavy atom. The number of carbonyl (C=O) groups is 1. The first-order valence-corrected chi connectivity index (χ1v) is 6.72. The smallest absolute Gasteiger partial charge is 0.335 e. The Balaban J connectivity index is 2.02. The Morgan fingerprint density at radius 3 is 2.60 bits per heavy atom. The molecule has 2 aromatic rings. The number of carboxylic acid groups (broad SMARTS) is 1. The first-order valence-electron chi connectivity index (χ1n) is 6.72. The minimum atomic E-state index is -0.918. The molecule has 3 rings (SSSR count). The Labute approximate surface area is 117 Å². The Kier molecular flexibility index (Phi) is 3.10. The van der Waals surface area contributed by atoms with Crippen LogP contribution in [-0.2, 0) is 0 Å². The van der Waals surface area contributed by atoms with E-state index in [0.717, 1.165) is 43.0 Å². The van der Waals surface area contributed by atoms with Gasteiger partial charge in [0.2, 0.25) is 0 Å². The van der Waals surface area contributed by atoms with E-state index in [-0.39, 0.29) is 5.56 Å². The predicted molar refractivity (Wildman–Crippen MR) is 76.9 cm³/mol. The van der Waals surface area contributed by atoms with Gasteiger partial charge in [-0.15, -0.1) is 0 Å². The van der Waals surface area contributed by atoms with Gasteiger partial charge in [-0.25, -0.2) is 14.5 Å². The molecular weight excluding hydrogens is 256 g/mol. The monoisotopic (exact) mass is 274 g/mol. The van der Waals surface area contributed by atoms with Crippen molar-refractivity contribution in [2.75, 3.05) is 38.2 Å². The second-order valence-corrected chi connectivity index (χ2v) is 5.24. The lowest BCUT2D eigenvalue weighted by atomic mass is 10.2. The number of carboxylic acids is 1. The van der Waals surface area contributed by atoms with Crippen molar-refractivity contribution in [3.05, 3.63) is 29.6 Å². The molecule has 0 aliphatic carbocycles. The van der Waals surface area contributed by atoms with E-state index < -0.39 is 5.97 Å². The van der Waals surface area contributed by atoms with Crippen molar-refractivity contribution in [2.45, 2.75) is 6.92 Å². The van der Waals surface area contributed by atoms with Crippen molar-refractivity contribution >= 4 is 17.0 Å². The minimum Gasteiger partial charge on any atom is -0.478 e. The number of rotatable bonds is 2. The largest absolute Gasteiger partial charge is 0.478 e. The summed E-state index contributed by atoms with van der Waals surface area (Å²) in [6.45, 7) is 5.89. The second-order valence-electron chi connectivity index (χ2n) is 5.24. The maximum absolute atomic E-state index is 11.0. The molecule has 1 fully saturated rings. The number of hydrogen-bond donors (Lipinski definition) is 1. The Morgan fingerprint density at radius 1 is 1.25 bits per heavy atom. The van der Waals surface area contributed by atoms with E-state index in [9.17, 15) is 4.79 Å². The predicted octanol–water partition coefficient (Wildman–Crippen LogP) is 0.926. The molecule has 0 bridgehead atoms. The fraction of sp³-hybridized carbons (Fsp3) is 0.429. The highest BCUT2D eigenvalue weighted by Gasteiger charge is 2.19. The highest BCUT2D eigenvalue weighted by atomic mass is 16.4. The number of aryl methyl sites for hydroxylation is 1. The molecule has 106 valence electrons. The SMILES string of the molecule is Cc1nc2cc(C(=O)O)ccc2n1N1CCN(C)CC1. The van der Waals surface area contributed by atoms with Crippen LogP contribution in [0.4, 0.5) is 0 Å². The molecule has 1 N–H and O–H groups in total. The van der Waals surface area contributed by atoms with Crippen LogP contribution in [0.15, 0.2) is 18.2 Å². The number of imidazole rings is 1. The molecule has 0 saturated carbocycles. The summed E-state index contributed by atoms with van der Waals surface area (Å²) in [6, 6.07) is 5.12. The number of aromatic carboxylic acids is 1. The summed E-state index contributed by atoms with van der Waals surface area (Å²) in [5.41, 5.74) is 1.99. The van der Waals surface area contributed by atoms with Gasteiger partial charge in [0.05, 0.1) is 16.6 Å². The normalized spacial score (nSPS) is 16.8. The number of piperazine rings is 1. The summed E-state index contributed by atoms with van der Waals surface area (Å²) in [4.78, 5) is 17.8. The lowest BCUT2D eigenvalue weighted by Crippen LogP contribution is -2.50. The third kappa shape index (κ3) is 2.12. The second kappa shape index (κ2) is 4.79. The van der Waals surface area contributed by atoms with Crippen LogP contribution in [0.2, 0.25) is 0 Å². The third-order valence-corrected chi connectivity index (χ3v) is 3.80. The number of fused-ring (bicyclic) bond motifs is 1. The maximum atomic E-state index is 11.0. The molecule has 0 unspecified atom stereocenters. The topological polar surface area (TPSA) is 61.6 Å². The van der Waals surface area contributed by atoms with Gasteiger partial charge in [0.1, 0.15) is 5.82 Å². The molecule has 1 aliphatic rings. The molecule has 0 radical (unpaired) electrons. The van der Waals surface area contributed by atoms with E-state index in [1.807, 2.05) is 13.0 Å². The highest BCUT2D eigenvalue weighted by Crippen LogP contribution is 2.19. The van der Waals surface area contributed by atoms with Crippen LogP contribution in [0.25, 0.3) is 11.0 Å². The average Bonchev–Trinajstić information content (AvgIpc) is 2.74. The number of hydrogen-bond acceptors (Lipinski definition) is 4. The molecule has 1 aromatic carbocycles. The summed E-state index contributed by atoms with van der Waals surface area (Å²) in [5, 5.41) is 11.3. The van der Waals surface area contributed by atoms with E-state index in [2.05, 4.69) is 26.6 Å². The molecule has 6 nitrogen and oxygen atoms in total. The standard InChI is InChI=1S/C14H18N4O2/c1-10-15-12-9-11(14(19)20)3-4-13(12)18(10)17-7-5-16(2)6-8-17/h3-4,9H,5-8H2,1-2H3,(H,19,20). The Bertz CT molecular complexity index is 656. The van der Waals surface area contributed by atoms with Crippen molar-refractivity contribution < 1.29 is 9.90 Å². The maximum Gasteiger partial charge on any atom is 0.335 e. The van der Waals surface area contributed by atoms with Crippen molar-refractivity contribution in [1.29, 1.82) is 0 Å². The van der Waals surface area contributed by atoms with E-state index >= 15 is 0 Å². The van der Waals surface area contributed by atoms with Crippen LogP contribution in [-0.4, -0.2) is 58.9 Å². The zero-order chi connectivity index (χ0) is 14.3. The molecule has 20 heavy (non-hydrogen) atoms. The lowest BCUT2D eigenvalue weighted by Gasteiger charge is -2.35. The molecule has 0 amide bonds. The summed E-state index contributed by atoms with van der Waals surface area (Å²) in [5.74, 6) is -0.0224. The number of nitrogens with zero attached hydrogens (tertiary/aromatic N) is 4. The summed E-state index contributed by atoms with van der Waals surface area (Å²) in [7, 11) is 2.12. The molecule has 1 saturated heterocycles. The van der Waals surface area contributed by atoms with Crippen LogP contribution in [0.1, 0.15) is 16.2 Å². The van der Waals surface area contributed by atoms with Gasteiger partial charge in [0.25, 0.3) is 0 Å². The van der Waals surface area contributed by atoms with Gasteiger partial charge in [-0.3, -0.25) is 0 Å². The average molecular weight is 274 g/mol. The molecule has 6 heteroatoms. The van der Waals surface area contributed by atoms with Crippen LogP contribution in [0, 0.1) is 6.92 Å². The summed E-state index contributed by atoms with van der Waals surface area (Å²) in [6.07, 6.45) is 0. The van der Waals surface area contributed by atoms with Crippen LogP contribution in [0.3, 0.4) is 0 Å². The highest BCUT2D eigenvalue weighted by molar-refractivity contribution is 5.92. The van der Waals surface area contributed by atoms with Crippen molar-refractivity contribution in [2.24, 2.45) is 0 Å². The fourth-order valence-electron chi connectivity index (χ4n) is 2.67. The zero-order valence-corrected chi connectivity index (χ0v) is 11.7.